The third kappa shape index (κ3) is 2.72. The van der Waals surface area contributed by atoms with Gasteiger partial charge in [0.25, 0.3) is 5.91 Å². The van der Waals surface area contributed by atoms with Gasteiger partial charge >= 0.3 is 0 Å². The molecule has 0 radical (unpaired) electrons. The maximum absolute atomic E-state index is 12.7. The smallest absolute Gasteiger partial charge is 0.268 e. The number of thioether (sulfide) groups is 1. The van der Waals surface area contributed by atoms with Gasteiger partial charge in [0.15, 0.2) is 4.32 Å². The predicted molar refractivity (Wildman–Crippen MR) is 104 cm³/mol. The molecule has 24 heavy (non-hydrogen) atoms. The average Bonchev–Trinajstić information content (AvgIpc) is 2.89. The molecule has 1 aromatic heterocycles. The second kappa shape index (κ2) is 6.19. The van der Waals surface area contributed by atoms with Crippen LogP contribution in [0.3, 0.4) is 0 Å². The number of nitrogens with zero attached hydrogens (tertiary/aromatic N) is 2. The van der Waals surface area contributed by atoms with Gasteiger partial charge in [-0.05, 0) is 40.6 Å². The first-order valence-electron chi connectivity index (χ1n) is 7.39. The van der Waals surface area contributed by atoms with Crippen LogP contribution in [0.15, 0.2) is 71.9 Å². The van der Waals surface area contributed by atoms with Crippen LogP contribution in [0, 0.1) is 0 Å². The van der Waals surface area contributed by atoms with Crippen molar-refractivity contribution in [2.24, 2.45) is 0 Å². The molecule has 1 aliphatic rings. The number of hydrogen-bond acceptors (Lipinski definition) is 4. The molecule has 0 saturated carbocycles. The van der Waals surface area contributed by atoms with Crippen molar-refractivity contribution >= 4 is 56.7 Å². The molecule has 0 atom stereocenters. The Morgan fingerprint density at radius 2 is 1.88 bits per heavy atom. The molecule has 0 spiro atoms. The second-order valence-electron chi connectivity index (χ2n) is 5.33. The summed E-state index contributed by atoms with van der Waals surface area (Å²) in [7, 11) is 0. The first-order valence-corrected chi connectivity index (χ1v) is 8.62. The molecule has 3 nitrogen and oxygen atoms in total. The average molecular weight is 348 g/mol. The van der Waals surface area contributed by atoms with Crippen molar-refractivity contribution in [3.05, 3.63) is 77.5 Å². The third-order valence-electron chi connectivity index (χ3n) is 3.77. The normalized spacial score (nSPS) is 16.3. The molecule has 3 aromatic rings. The largest absolute Gasteiger partial charge is 0.270 e. The Kier molecular flexibility index (Phi) is 3.88. The van der Waals surface area contributed by atoms with E-state index in [4.69, 9.17) is 12.2 Å². The van der Waals surface area contributed by atoms with Crippen LogP contribution in [0.25, 0.3) is 16.8 Å². The quantitative estimate of drug-likeness (QED) is 0.499. The number of pyridine rings is 1. The Hall–Kier alpha value is -2.50. The van der Waals surface area contributed by atoms with Crippen molar-refractivity contribution in [1.82, 2.24) is 4.98 Å². The van der Waals surface area contributed by atoms with E-state index in [-0.39, 0.29) is 5.91 Å². The number of carbonyl (C=O) groups excluding carboxylic acids is 1. The molecule has 2 aromatic carbocycles. The first-order chi connectivity index (χ1) is 11.7. The molecule has 1 aliphatic heterocycles. The third-order valence-corrected chi connectivity index (χ3v) is 5.07. The molecule has 4 rings (SSSR count). The van der Waals surface area contributed by atoms with Crippen LogP contribution in [0.5, 0.6) is 0 Å². The fourth-order valence-corrected chi connectivity index (χ4v) is 3.92. The van der Waals surface area contributed by atoms with Gasteiger partial charge in [-0.2, -0.15) is 0 Å². The fourth-order valence-electron chi connectivity index (χ4n) is 2.63. The highest BCUT2D eigenvalue weighted by atomic mass is 32.2. The molecule has 116 valence electrons. The summed E-state index contributed by atoms with van der Waals surface area (Å²) in [5, 5.41) is 2.33. The number of hydrogen-bond donors (Lipinski definition) is 0. The number of aromatic nitrogens is 1. The standard InChI is InChI=1S/C19H12N2OS2/c22-18-17(24-19(23)21(18)16-6-3-9-20-12-16)11-13-7-8-14-4-1-2-5-15(14)10-13/h1-12H. The summed E-state index contributed by atoms with van der Waals surface area (Å²) in [6, 6.07) is 17.9. The van der Waals surface area contributed by atoms with Gasteiger partial charge in [0.05, 0.1) is 16.8 Å². The number of fused-ring (bicyclic) bond motifs is 1. The molecular weight excluding hydrogens is 336 g/mol. The van der Waals surface area contributed by atoms with Gasteiger partial charge in [-0.15, -0.1) is 0 Å². The highest BCUT2D eigenvalue weighted by Crippen LogP contribution is 2.35. The van der Waals surface area contributed by atoms with E-state index in [0.717, 1.165) is 10.9 Å². The van der Waals surface area contributed by atoms with Crippen molar-refractivity contribution in [1.29, 1.82) is 0 Å². The molecule has 5 heteroatoms. The van der Waals surface area contributed by atoms with Crippen LogP contribution in [-0.4, -0.2) is 15.2 Å². The lowest BCUT2D eigenvalue weighted by Crippen LogP contribution is -2.27. The molecule has 0 bridgehead atoms. The van der Waals surface area contributed by atoms with Crippen molar-refractivity contribution in [2.45, 2.75) is 0 Å². The van der Waals surface area contributed by atoms with Gasteiger partial charge in [0.1, 0.15) is 0 Å². The monoisotopic (exact) mass is 348 g/mol. The number of anilines is 1. The molecule has 0 unspecified atom stereocenters. The Morgan fingerprint density at radius 3 is 2.67 bits per heavy atom. The lowest BCUT2D eigenvalue weighted by molar-refractivity contribution is -0.113. The van der Waals surface area contributed by atoms with Gasteiger partial charge in [0, 0.05) is 6.20 Å². The van der Waals surface area contributed by atoms with Crippen LogP contribution in [0.2, 0.25) is 0 Å². The molecular formula is C19H12N2OS2. The highest BCUT2D eigenvalue weighted by molar-refractivity contribution is 8.27. The Morgan fingerprint density at radius 1 is 1.04 bits per heavy atom. The van der Waals surface area contributed by atoms with E-state index in [0.29, 0.717) is 14.9 Å². The zero-order valence-corrected chi connectivity index (χ0v) is 14.2. The van der Waals surface area contributed by atoms with Crippen LogP contribution >= 0.6 is 24.0 Å². The van der Waals surface area contributed by atoms with Crippen molar-refractivity contribution in [2.75, 3.05) is 4.90 Å². The molecule has 1 saturated heterocycles. The minimum absolute atomic E-state index is 0.105. The van der Waals surface area contributed by atoms with Crippen molar-refractivity contribution in [3.63, 3.8) is 0 Å². The lowest BCUT2D eigenvalue weighted by atomic mass is 10.1. The lowest BCUT2D eigenvalue weighted by Gasteiger charge is -2.13. The molecule has 0 aliphatic carbocycles. The van der Waals surface area contributed by atoms with Crippen LogP contribution < -0.4 is 4.90 Å². The molecule has 1 amide bonds. The number of thiocarbonyl (C=S) groups is 1. The topological polar surface area (TPSA) is 33.2 Å². The van der Waals surface area contributed by atoms with Crippen LogP contribution in [0.4, 0.5) is 5.69 Å². The number of amides is 1. The summed E-state index contributed by atoms with van der Waals surface area (Å²) < 4.78 is 0.528. The van der Waals surface area contributed by atoms with E-state index in [1.54, 1.807) is 18.5 Å². The van der Waals surface area contributed by atoms with Crippen LogP contribution in [0.1, 0.15) is 5.56 Å². The fraction of sp³-hybridized carbons (Fsp3) is 0. The summed E-state index contributed by atoms with van der Waals surface area (Å²) in [6.07, 6.45) is 5.21. The van der Waals surface area contributed by atoms with Gasteiger partial charge in [-0.25, -0.2) is 0 Å². The molecule has 2 heterocycles. The summed E-state index contributed by atoms with van der Waals surface area (Å²) in [5.41, 5.74) is 1.68. The summed E-state index contributed by atoms with van der Waals surface area (Å²) >= 11 is 6.69. The van der Waals surface area contributed by atoms with Gasteiger partial charge in [-0.1, -0.05) is 60.4 Å². The second-order valence-corrected chi connectivity index (χ2v) is 7.01. The molecule has 1 fully saturated rings. The van der Waals surface area contributed by atoms with Gasteiger partial charge in [-0.3, -0.25) is 14.7 Å². The van der Waals surface area contributed by atoms with Crippen LogP contribution in [-0.2, 0) is 4.79 Å². The number of rotatable bonds is 2. The van der Waals surface area contributed by atoms with Gasteiger partial charge in [0.2, 0.25) is 0 Å². The van der Waals surface area contributed by atoms with E-state index < -0.39 is 0 Å². The maximum atomic E-state index is 12.7. The highest BCUT2D eigenvalue weighted by Gasteiger charge is 2.33. The zero-order chi connectivity index (χ0) is 16.5. The van der Waals surface area contributed by atoms with E-state index in [2.05, 4.69) is 29.2 Å². The van der Waals surface area contributed by atoms with E-state index in [1.165, 1.54) is 22.0 Å². The summed E-state index contributed by atoms with van der Waals surface area (Å²) in [6.45, 7) is 0. The predicted octanol–water partition coefficient (Wildman–Crippen LogP) is 4.64. The summed E-state index contributed by atoms with van der Waals surface area (Å²) in [4.78, 5) is 18.9. The minimum atomic E-state index is -0.105. The maximum Gasteiger partial charge on any atom is 0.270 e. The van der Waals surface area contributed by atoms with E-state index in [1.807, 2.05) is 30.3 Å². The Balaban J connectivity index is 1.70. The zero-order valence-electron chi connectivity index (χ0n) is 12.5. The van der Waals surface area contributed by atoms with Crippen molar-refractivity contribution in [3.8, 4) is 0 Å². The molecule has 0 N–H and O–H groups in total. The number of benzene rings is 2. The Bertz CT molecular complexity index is 983. The van der Waals surface area contributed by atoms with E-state index >= 15 is 0 Å². The van der Waals surface area contributed by atoms with Gasteiger partial charge < -0.3 is 0 Å². The first kappa shape index (κ1) is 15.1. The van der Waals surface area contributed by atoms with Crippen molar-refractivity contribution < 1.29 is 4.79 Å². The Labute approximate surface area is 149 Å². The van der Waals surface area contributed by atoms with E-state index in [9.17, 15) is 4.79 Å². The number of carbonyl (C=O) groups is 1. The summed E-state index contributed by atoms with van der Waals surface area (Å²) in [5.74, 6) is -0.105. The SMILES string of the molecule is O=C1C(=Cc2ccc3ccccc3c2)SC(=S)N1c1cccnc1. The minimum Gasteiger partial charge on any atom is -0.268 e.